The number of hydrogen-bond acceptors (Lipinski definition) is 12. The number of aromatic nitrogens is 4. The second kappa shape index (κ2) is 13.2. The molecule has 8 N–H and O–H groups in total. The summed E-state index contributed by atoms with van der Waals surface area (Å²) < 4.78 is 7.05. The first-order valence-corrected chi connectivity index (χ1v) is 11.6. The van der Waals surface area contributed by atoms with Crippen molar-refractivity contribution in [1.82, 2.24) is 45.7 Å². The Bertz CT molecular complexity index is 1010. The van der Waals surface area contributed by atoms with Gasteiger partial charge in [0.25, 0.3) is 5.91 Å². The van der Waals surface area contributed by atoms with E-state index >= 15 is 0 Å². The quantitative estimate of drug-likeness (QED) is 0.179. The number of aliphatic hydroxyl groups is 2. The van der Waals surface area contributed by atoms with Gasteiger partial charge in [-0.3, -0.25) is 14.2 Å². The van der Waals surface area contributed by atoms with E-state index in [4.69, 9.17) is 10.5 Å². The average molecular weight is 556 g/mol. The summed E-state index contributed by atoms with van der Waals surface area (Å²) in [5, 5.41) is 33.4. The van der Waals surface area contributed by atoms with Crippen LogP contribution < -0.4 is 27.0 Å². The van der Waals surface area contributed by atoms with E-state index in [1.165, 1.54) is 17.2 Å². The molecule has 2 aromatic heterocycles. The molecule has 16 heteroatoms. The van der Waals surface area contributed by atoms with Crippen molar-refractivity contribution in [2.75, 3.05) is 64.6 Å². The van der Waals surface area contributed by atoms with Crippen molar-refractivity contribution < 1.29 is 41.6 Å². The Kier molecular flexibility index (Phi) is 10.3. The normalized spacial score (nSPS) is 26.0. The molecule has 1 radical (unpaired) electrons. The maximum atomic E-state index is 12.8. The fourth-order valence-corrected chi connectivity index (χ4v) is 4.06. The largest absolute Gasteiger partial charge is 2.00 e. The molecule has 0 saturated carbocycles. The van der Waals surface area contributed by atoms with Crippen LogP contribution in [0.5, 0.6) is 0 Å². The van der Waals surface area contributed by atoms with Crippen LogP contribution in [0.1, 0.15) is 6.23 Å². The Balaban J connectivity index is 0.00000361. The van der Waals surface area contributed by atoms with E-state index in [0.717, 1.165) is 26.2 Å². The Hall–Kier alpha value is -2.43. The smallest absolute Gasteiger partial charge is 0.387 e. The van der Waals surface area contributed by atoms with Crippen LogP contribution >= 0.6 is 0 Å². The van der Waals surface area contributed by atoms with Gasteiger partial charge in [-0.25, -0.2) is 15.0 Å². The molecule has 0 unspecified atom stereocenters. The van der Waals surface area contributed by atoms with Gasteiger partial charge in [-0.1, -0.05) is 0 Å². The molecule has 0 spiro atoms. The summed E-state index contributed by atoms with van der Waals surface area (Å²) in [4.78, 5) is 39.3. The SMILES string of the molecule is Nc1ncnc2c1ncn2[C@@H]1O[C@H](C(=O)NCC(=O)N2CCNCCNCCNCC2)[C@@H](O)[C@H]1O.[Cu+2]. The summed E-state index contributed by atoms with van der Waals surface area (Å²) in [7, 11) is 0. The van der Waals surface area contributed by atoms with E-state index < -0.39 is 30.4 Å². The summed E-state index contributed by atoms with van der Waals surface area (Å²) in [5.74, 6) is -0.810. The van der Waals surface area contributed by atoms with Gasteiger partial charge < -0.3 is 46.9 Å². The first-order chi connectivity index (χ1) is 17.0. The standard InChI is InChI=1S/C20H32N10O5.Cu/c21-17-13-18(27-10-26-17)30(11-28-13)20-15(33)14(32)16(35-20)19(34)25-9-12(31)29-7-5-23-3-1-22-2-4-24-6-8-29;/h10-11,14-16,20,22-24,32-33H,1-9H2,(H,25,34)(H2,21,26,27);/q;+2/t14-,15+,16-,20+;/m0./s1. The van der Waals surface area contributed by atoms with Gasteiger partial charge in [0, 0.05) is 52.4 Å². The van der Waals surface area contributed by atoms with Crippen molar-refractivity contribution in [1.29, 1.82) is 0 Å². The van der Waals surface area contributed by atoms with Crippen LogP contribution in [0.15, 0.2) is 12.7 Å². The summed E-state index contributed by atoms with van der Waals surface area (Å²) >= 11 is 0. The van der Waals surface area contributed by atoms with Crippen LogP contribution in [0.4, 0.5) is 5.82 Å². The molecule has 201 valence electrons. The molecule has 4 atom stereocenters. The Labute approximate surface area is 218 Å². The molecular weight excluding hydrogens is 524 g/mol. The molecule has 2 aliphatic rings. The molecule has 4 heterocycles. The Morgan fingerprint density at radius 3 is 2.33 bits per heavy atom. The van der Waals surface area contributed by atoms with Crippen LogP contribution in [0, 0.1) is 0 Å². The molecule has 2 aromatic rings. The summed E-state index contributed by atoms with van der Waals surface area (Å²) in [6.45, 7) is 5.28. The number of fused-ring (bicyclic) bond motifs is 1. The third kappa shape index (κ3) is 6.46. The second-order valence-corrected chi connectivity index (χ2v) is 8.36. The predicted octanol–water partition coefficient (Wildman–Crippen LogP) is -4.25. The van der Waals surface area contributed by atoms with Gasteiger partial charge in [0.2, 0.25) is 5.91 Å². The van der Waals surface area contributed by atoms with Gasteiger partial charge in [-0.15, -0.1) is 0 Å². The molecule has 36 heavy (non-hydrogen) atoms. The van der Waals surface area contributed by atoms with E-state index in [1.54, 1.807) is 4.90 Å². The summed E-state index contributed by atoms with van der Waals surface area (Å²) in [6.07, 6.45) is -2.88. The zero-order chi connectivity index (χ0) is 24.8. The molecule has 0 aromatic carbocycles. The number of nitrogens with two attached hydrogens (primary N) is 1. The minimum atomic E-state index is -1.52. The summed E-state index contributed by atoms with van der Waals surface area (Å²) in [5.41, 5.74) is 6.39. The van der Waals surface area contributed by atoms with Crippen molar-refractivity contribution in [3.63, 3.8) is 0 Å². The number of anilines is 1. The van der Waals surface area contributed by atoms with Crippen molar-refractivity contribution in [3.05, 3.63) is 12.7 Å². The number of carbonyl (C=O) groups is 2. The van der Waals surface area contributed by atoms with Gasteiger partial charge in [0.05, 0.1) is 12.9 Å². The van der Waals surface area contributed by atoms with Gasteiger partial charge in [-0.2, -0.15) is 0 Å². The maximum absolute atomic E-state index is 12.8. The number of nitrogens with zero attached hydrogens (tertiary/aromatic N) is 5. The molecule has 0 aliphatic carbocycles. The van der Waals surface area contributed by atoms with E-state index in [2.05, 4.69) is 36.2 Å². The second-order valence-electron chi connectivity index (χ2n) is 8.36. The number of aliphatic hydroxyl groups excluding tert-OH is 2. The number of ether oxygens (including phenoxy) is 1. The monoisotopic (exact) mass is 555 g/mol. The average Bonchev–Trinajstić information content (AvgIpc) is 3.39. The maximum Gasteiger partial charge on any atom is 2.00 e. The number of amides is 2. The molecule has 2 fully saturated rings. The first-order valence-electron chi connectivity index (χ1n) is 11.6. The number of imidazole rings is 1. The van der Waals surface area contributed by atoms with Crippen molar-refractivity contribution >= 4 is 28.8 Å². The van der Waals surface area contributed by atoms with Gasteiger partial charge >= 0.3 is 17.1 Å². The van der Waals surface area contributed by atoms with Gasteiger partial charge in [0.15, 0.2) is 23.8 Å². The van der Waals surface area contributed by atoms with E-state index in [1.807, 2.05) is 0 Å². The zero-order valence-electron chi connectivity index (χ0n) is 19.6. The third-order valence-corrected chi connectivity index (χ3v) is 6.00. The molecule has 0 bridgehead atoms. The van der Waals surface area contributed by atoms with Gasteiger partial charge in [-0.05, 0) is 0 Å². The molecule has 2 amide bonds. The van der Waals surface area contributed by atoms with Crippen LogP contribution in [0.3, 0.4) is 0 Å². The molecule has 2 saturated heterocycles. The fraction of sp³-hybridized carbons (Fsp3) is 0.650. The zero-order valence-corrected chi connectivity index (χ0v) is 20.5. The van der Waals surface area contributed by atoms with Crippen molar-refractivity contribution in [2.24, 2.45) is 0 Å². The minimum absolute atomic E-state index is 0. The topological polar surface area (TPSA) is 205 Å². The number of nitrogen functional groups attached to an aromatic ring is 1. The number of carbonyl (C=O) groups excluding carboxylic acids is 2. The predicted molar refractivity (Wildman–Crippen MR) is 124 cm³/mol. The van der Waals surface area contributed by atoms with Crippen LogP contribution in [-0.2, 0) is 31.4 Å². The van der Waals surface area contributed by atoms with E-state index in [9.17, 15) is 19.8 Å². The first kappa shape index (κ1) is 28.1. The number of hydrogen-bond donors (Lipinski definition) is 7. The number of nitrogens with one attached hydrogen (secondary N) is 4. The molecule has 2 aliphatic heterocycles. The van der Waals surface area contributed by atoms with Crippen molar-refractivity contribution in [2.45, 2.75) is 24.5 Å². The molecule has 15 nitrogen and oxygen atoms in total. The Morgan fingerprint density at radius 1 is 1.03 bits per heavy atom. The Morgan fingerprint density at radius 2 is 1.67 bits per heavy atom. The fourth-order valence-electron chi connectivity index (χ4n) is 4.06. The number of rotatable bonds is 4. The van der Waals surface area contributed by atoms with E-state index in [0.29, 0.717) is 37.3 Å². The van der Waals surface area contributed by atoms with Crippen LogP contribution in [-0.4, -0.2) is 124 Å². The third-order valence-electron chi connectivity index (χ3n) is 6.00. The summed E-state index contributed by atoms with van der Waals surface area (Å²) in [6, 6.07) is 0. The van der Waals surface area contributed by atoms with Crippen LogP contribution in [0.25, 0.3) is 11.2 Å². The molecular formula is C20H32CuN10O5+2. The van der Waals surface area contributed by atoms with E-state index in [-0.39, 0.29) is 35.3 Å². The minimum Gasteiger partial charge on any atom is -0.387 e. The van der Waals surface area contributed by atoms with Gasteiger partial charge in [0.1, 0.15) is 24.1 Å². The van der Waals surface area contributed by atoms with Crippen molar-refractivity contribution in [3.8, 4) is 0 Å². The van der Waals surface area contributed by atoms with Crippen LogP contribution in [0.2, 0.25) is 0 Å². The molecule has 4 rings (SSSR count).